The highest BCUT2D eigenvalue weighted by atomic mass is 16.5. The summed E-state index contributed by atoms with van der Waals surface area (Å²) in [7, 11) is 3.52. The summed E-state index contributed by atoms with van der Waals surface area (Å²) in [6.45, 7) is 8.80. The van der Waals surface area contributed by atoms with Crippen molar-refractivity contribution in [3.8, 4) is 5.75 Å². The number of rotatable bonds is 7. The molecule has 2 rings (SSSR count). The second-order valence-corrected chi connectivity index (χ2v) is 7.31. The van der Waals surface area contributed by atoms with Crippen molar-refractivity contribution in [2.75, 3.05) is 40.3 Å². The standard InChI is InChI=1S/C20H34N4O/c1-20(2,24-14-6-5-7-15-24)16-23-19(21-3)22-13-12-17-8-10-18(25-4)11-9-17/h8-11H,5-7,12-16H2,1-4H3,(H2,21,22,23). The first kappa shape index (κ1) is 19.6. The Kier molecular flexibility index (Phi) is 7.56. The summed E-state index contributed by atoms with van der Waals surface area (Å²) in [4.78, 5) is 6.94. The number of piperidine rings is 1. The molecule has 1 aliphatic heterocycles. The summed E-state index contributed by atoms with van der Waals surface area (Å²) >= 11 is 0. The Morgan fingerprint density at radius 3 is 2.40 bits per heavy atom. The molecule has 5 nitrogen and oxygen atoms in total. The zero-order valence-electron chi connectivity index (χ0n) is 16.3. The Balaban J connectivity index is 1.74. The van der Waals surface area contributed by atoms with Crippen molar-refractivity contribution in [1.29, 1.82) is 0 Å². The summed E-state index contributed by atoms with van der Waals surface area (Å²) in [5.41, 5.74) is 1.44. The molecule has 1 fully saturated rings. The number of benzene rings is 1. The SMILES string of the molecule is CN=C(NCCc1ccc(OC)cc1)NCC(C)(C)N1CCCCC1. The van der Waals surface area contributed by atoms with E-state index < -0.39 is 0 Å². The normalized spacial score (nSPS) is 16.6. The molecule has 140 valence electrons. The number of hydrogen-bond donors (Lipinski definition) is 2. The molecule has 2 N–H and O–H groups in total. The van der Waals surface area contributed by atoms with Gasteiger partial charge in [0.05, 0.1) is 7.11 Å². The lowest BCUT2D eigenvalue weighted by molar-refractivity contribution is 0.0982. The fourth-order valence-electron chi connectivity index (χ4n) is 3.25. The van der Waals surface area contributed by atoms with Gasteiger partial charge in [0, 0.05) is 25.7 Å². The number of likely N-dealkylation sites (tertiary alicyclic amines) is 1. The molecule has 0 saturated carbocycles. The molecule has 1 aromatic carbocycles. The van der Waals surface area contributed by atoms with Crippen LogP contribution in [0.5, 0.6) is 5.75 Å². The van der Waals surface area contributed by atoms with Gasteiger partial charge in [0.1, 0.15) is 5.75 Å². The van der Waals surface area contributed by atoms with Crippen LogP contribution in [0.3, 0.4) is 0 Å². The van der Waals surface area contributed by atoms with Crippen LogP contribution in [0.2, 0.25) is 0 Å². The van der Waals surface area contributed by atoms with Crippen LogP contribution in [0.25, 0.3) is 0 Å². The fraction of sp³-hybridized carbons (Fsp3) is 0.650. The van der Waals surface area contributed by atoms with E-state index in [0.717, 1.165) is 31.2 Å². The van der Waals surface area contributed by atoms with Crippen molar-refractivity contribution in [3.05, 3.63) is 29.8 Å². The summed E-state index contributed by atoms with van der Waals surface area (Å²) in [6, 6.07) is 8.22. The van der Waals surface area contributed by atoms with Crippen molar-refractivity contribution in [2.45, 2.75) is 45.1 Å². The van der Waals surface area contributed by atoms with E-state index in [1.807, 2.05) is 19.2 Å². The van der Waals surface area contributed by atoms with E-state index in [4.69, 9.17) is 4.74 Å². The van der Waals surface area contributed by atoms with E-state index in [-0.39, 0.29) is 5.54 Å². The Bertz CT molecular complexity index is 533. The van der Waals surface area contributed by atoms with Crippen LogP contribution in [-0.4, -0.2) is 56.7 Å². The fourth-order valence-corrected chi connectivity index (χ4v) is 3.25. The van der Waals surface area contributed by atoms with Gasteiger partial charge in [0.15, 0.2) is 5.96 Å². The predicted octanol–water partition coefficient (Wildman–Crippen LogP) is 2.67. The van der Waals surface area contributed by atoms with Gasteiger partial charge in [0.25, 0.3) is 0 Å². The van der Waals surface area contributed by atoms with Crippen molar-refractivity contribution in [3.63, 3.8) is 0 Å². The first-order valence-electron chi connectivity index (χ1n) is 9.37. The van der Waals surface area contributed by atoms with Crippen LogP contribution in [-0.2, 0) is 6.42 Å². The molecule has 0 unspecified atom stereocenters. The molecule has 0 spiro atoms. The van der Waals surface area contributed by atoms with Gasteiger partial charge in [-0.2, -0.15) is 0 Å². The van der Waals surface area contributed by atoms with Crippen molar-refractivity contribution < 1.29 is 4.74 Å². The van der Waals surface area contributed by atoms with Crippen LogP contribution >= 0.6 is 0 Å². The maximum absolute atomic E-state index is 5.19. The number of nitrogens with zero attached hydrogens (tertiary/aromatic N) is 2. The van der Waals surface area contributed by atoms with E-state index >= 15 is 0 Å². The second kappa shape index (κ2) is 9.66. The molecule has 0 atom stereocenters. The molecule has 25 heavy (non-hydrogen) atoms. The van der Waals surface area contributed by atoms with E-state index in [9.17, 15) is 0 Å². The molecule has 1 heterocycles. The minimum Gasteiger partial charge on any atom is -0.497 e. The van der Waals surface area contributed by atoms with Gasteiger partial charge in [-0.05, 0) is 63.9 Å². The summed E-state index contributed by atoms with van der Waals surface area (Å²) in [5, 5.41) is 6.90. The summed E-state index contributed by atoms with van der Waals surface area (Å²) in [5.74, 6) is 1.77. The van der Waals surface area contributed by atoms with Gasteiger partial charge in [-0.1, -0.05) is 18.6 Å². The first-order chi connectivity index (χ1) is 12.0. The molecular formula is C20H34N4O. The van der Waals surface area contributed by atoms with Crippen LogP contribution < -0.4 is 15.4 Å². The molecule has 5 heteroatoms. The Morgan fingerprint density at radius 2 is 1.80 bits per heavy atom. The lowest BCUT2D eigenvalue weighted by Gasteiger charge is -2.41. The van der Waals surface area contributed by atoms with Crippen molar-refractivity contribution in [2.24, 2.45) is 4.99 Å². The first-order valence-corrected chi connectivity index (χ1v) is 9.37. The van der Waals surface area contributed by atoms with Crippen LogP contribution in [0, 0.1) is 0 Å². The second-order valence-electron chi connectivity index (χ2n) is 7.31. The lowest BCUT2D eigenvalue weighted by Crippen LogP contribution is -2.55. The van der Waals surface area contributed by atoms with E-state index in [2.05, 4.69) is 46.5 Å². The molecule has 1 aromatic rings. The van der Waals surface area contributed by atoms with Gasteiger partial charge in [-0.3, -0.25) is 9.89 Å². The Hall–Kier alpha value is -1.75. The molecule has 0 aromatic heterocycles. The van der Waals surface area contributed by atoms with Crippen molar-refractivity contribution >= 4 is 5.96 Å². The van der Waals surface area contributed by atoms with Gasteiger partial charge in [0.2, 0.25) is 0 Å². The number of ether oxygens (including phenoxy) is 1. The molecule has 0 bridgehead atoms. The average molecular weight is 347 g/mol. The molecule has 1 aliphatic rings. The number of hydrogen-bond acceptors (Lipinski definition) is 3. The molecule has 0 aliphatic carbocycles. The molecular weight excluding hydrogens is 312 g/mol. The quantitative estimate of drug-likeness (QED) is 0.589. The smallest absolute Gasteiger partial charge is 0.191 e. The summed E-state index contributed by atoms with van der Waals surface area (Å²) < 4.78 is 5.19. The predicted molar refractivity (Wildman–Crippen MR) is 106 cm³/mol. The minimum atomic E-state index is 0.147. The zero-order valence-corrected chi connectivity index (χ0v) is 16.3. The van der Waals surface area contributed by atoms with Gasteiger partial charge >= 0.3 is 0 Å². The van der Waals surface area contributed by atoms with E-state index in [1.165, 1.54) is 37.9 Å². The number of aliphatic imine (C=N–C) groups is 1. The van der Waals surface area contributed by atoms with Crippen LogP contribution in [0.4, 0.5) is 0 Å². The molecule has 1 saturated heterocycles. The van der Waals surface area contributed by atoms with Crippen LogP contribution in [0.15, 0.2) is 29.3 Å². The lowest BCUT2D eigenvalue weighted by atomic mass is 9.98. The monoisotopic (exact) mass is 346 g/mol. The topological polar surface area (TPSA) is 48.9 Å². The van der Waals surface area contributed by atoms with Gasteiger partial charge in [-0.25, -0.2) is 0 Å². The molecule has 0 amide bonds. The minimum absolute atomic E-state index is 0.147. The highest BCUT2D eigenvalue weighted by molar-refractivity contribution is 5.79. The Morgan fingerprint density at radius 1 is 1.12 bits per heavy atom. The average Bonchev–Trinajstić information content (AvgIpc) is 2.65. The third kappa shape index (κ3) is 6.24. The van der Waals surface area contributed by atoms with E-state index in [1.54, 1.807) is 7.11 Å². The highest BCUT2D eigenvalue weighted by Crippen LogP contribution is 2.19. The largest absolute Gasteiger partial charge is 0.497 e. The maximum Gasteiger partial charge on any atom is 0.191 e. The molecule has 0 radical (unpaired) electrons. The zero-order chi connectivity index (χ0) is 18.1. The summed E-state index contributed by atoms with van der Waals surface area (Å²) in [6.07, 6.45) is 4.96. The number of methoxy groups -OCH3 is 1. The van der Waals surface area contributed by atoms with Crippen molar-refractivity contribution in [1.82, 2.24) is 15.5 Å². The highest BCUT2D eigenvalue weighted by Gasteiger charge is 2.27. The van der Waals surface area contributed by atoms with Gasteiger partial charge < -0.3 is 15.4 Å². The third-order valence-electron chi connectivity index (χ3n) is 4.99. The van der Waals surface area contributed by atoms with Crippen LogP contribution in [0.1, 0.15) is 38.7 Å². The third-order valence-corrected chi connectivity index (χ3v) is 4.99. The van der Waals surface area contributed by atoms with E-state index in [0.29, 0.717) is 0 Å². The van der Waals surface area contributed by atoms with Gasteiger partial charge in [-0.15, -0.1) is 0 Å². The number of guanidine groups is 1. The number of nitrogens with one attached hydrogen (secondary N) is 2. The Labute approximate surface area is 152 Å². The maximum atomic E-state index is 5.19.